The molecule has 1 heterocycles. The fourth-order valence-electron chi connectivity index (χ4n) is 1.50. The summed E-state index contributed by atoms with van der Waals surface area (Å²) >= 11 is 1.40. The monoisotopic (exact) mass is 256 g/mol. The number of hydrogen-bond acceptors (Lipinski definition) is 5. The van der Waals surface area contributed by atoms with Crippen molar-refractivity contribution >= 4 is 11.8 Å². The summed E-state index contributed by atoms with van der Waals surface area (Å²) in [5, 5.41) is 12.9. The van der Waals surface area contributed by atoms with Crippen LogP contribution in [0.1, 0.15) is 11.1 Å². The predicted octanol–water partition coefficient (Wildman–Crippen LogP) is 2.22. The van der Waals surface area contributed by atoms with Gasteiger partial charge in [-0.15, -0.1) is 0 Å². The summed E-state index contributed by atoms with van der Waals surface area (Å²) in [6, 6.07) is 9.81. The van der Waals surface area contributed by atoms with Crippen LogP contribution in [-0.4, -0.2) is 17.0 Å². The van der Waals surface area contributed by atoms with E-state index < -0.39 is 0 Å². The zero-order chi connectivity index (χ0) is 12.8. The molecule has 0 saturated heterocycles. The van der Waals surface area contributed by atoms with Gasteiger partial charge in [-0.05, 0) is 42.6 Å². The molecule has 5 heteroatoms. The Kier molecular flexibility index (Phi) is 4.29. The van der Waals surface area contributed by atoms with Crippen molar-refractivity contribution in [1.29, 1.82) is 5.26 Å². The number of rotatable bonds is 4. The number of aromatic nitrogens is 2. The van der Waals surface area contributed by atoms with Gasteiger partial charge in [0.1, 0.15) is 6.07 Å². The van der Waals surface area contributed by atoms with Gasteiger partial charge in [-0.2, -0.15) is 5.26 Å². The molecule has 1 aromatic carbocycles. The van der Waals surface area contributed by atoms with Crippen LogP contribution in [0.15, 0.2) is 46.7 Å². The molecule has 0 aliphatic heterocycles. The standard InChI is InChI=1S/C13H12N4S/c1-15-9-10-3-4-12(11(7-10)8-14)18-13-16-5-2-6-17-13/h2-7,15H,9H2,1H3. The molecule has 0 bridgehead atoms. The zero-order valence-corrected chi connectivity index (χ0v) is 10.7. The van der Waals surface area contributed by atoms with Gasteiger partial charge in [0.25, 0.3) is 0 Å². The average molecular weight is 256 g/mol. The first kappa shape index (κ1) is 12.6. The van der Waals surface area contributed by atoms with Gasteiger partial charge in [0.05, 0.1) is 5.56 Å². The van der Waals surface area contributed by atoms with Crippen LogP contribution in [0.4, 0.5) is 0 Å². The van der Waals surface area contributed by atoms with Gasteiger partial charge in [-0.1, -0.05) is 6.07 Å². The molecule has 2 rings (SSSR count). The van der Waals surface area contributed by atoms with Gasteiger partial charge in [0.15, 0.2) is 5.16 Å². The second kappa shape index (κ2) is 6.15. The molecule has 0 radical (unpaired) electrons. The van der Waals surface area contributed by atoms with Crippen molar-refractivity contribution in [2.24, 2.45) is 0 Å². The quantitative estimate of drug-likeness (QED) is 0.850. The van der Waals surface area contributed by atoms with Crippen LogP contribution in [0.5, 0.6) is 0 Å². The summed E-state index contributed by atoms with van der Waals surface area (Å²) in [4.78, 5) is 9.15. The Morgan fingerprint density at radius 2 is 2.11 bits per heavy atom. The topological polar surface area (TPSA) is 61.6 Å². The summed E-state index contributed by atoms with van der Waals surface area (Å²) in [5.41, 5.74) is 1.74. The number of nitrogens with zero attached hydrogens (tertiary/aromatic N) is 3. The van der Waals surface area contributed by atoms with Crippen LogP contribution >= 0.6 is 11.8 Å². The highest BCUT2D eigenvalue weighted by molar-refractivity contribution is 7.99. The van der Waals surface area contributed by atoms with E-state index in [1.165, 1.54) is 11.8 Å². The molecule has 1 N–H and O–H groups in total. The number of hydrogen-bond donors (Lipinski definition) is 1. The minimum atomic E-state index is 0.648. The molecule has 0 atom stereocenters. The largest absolute Gasteiger partial charge is 0.316 e. The van der Waals surface area contributed by atoms with Crippen molar-refractivity contribution in [3.8, 4) is 6.07 Å². The normalized spacial score (nSPS) is 10.0. The first-order chi connectivity index (χ1) is 8.83. The first-order valence-electron chi connectivity index (χ1n) is 5.46. The van der Waals surface area contributed by atoms with E-state index in [4.69, 9.17) is 5.26 Å². The lowest BCUT2D eigenvalue weighted by atomic mass is 10.1. The molecule has 4 nitrogen and oxygen atoms in total. The third-order valence-corrected chi connectivity index (χ3v) is 3.26. The Labute approximate surface area is 110 Å². The molecule has 0 aliphatic carbocycles. The molecule has 2 aromatic rings. The molecule has 0 unspecified atom stereocenters. The van der Waals surface area contributed by atoms with Crippen LogP contribution in [0.3, 0.4) is 0 Å². The fraction of sp³-hybridized carbons (Fsp3) is 0.154. The molecule has 90 valence electrons. The number of nitriles is 1. The van der Waals surface area contributed by atoms with Crippen molar-refractivity contribution in [2.75, 3.05) is 7.05 Å². The average Bonchev–Trinajstić information content (AvgIpc) is 2.42. The van der Waals surface area contributed by atoms with E-state index in [1.807, 2.05) is 25.2 Å². The first-order valence-corrected chi connectivity index (χ1v) is 6.27. The molecular formula is C13H12N4S. The summed E-state index contributed by atoms with van der Waals surface area (Å²) in [7, 11) is 1.88. The maximum absolute atomic E-state index is 9.16. The van der Waals surface area contributed by atoms with Gasteiger partial charge < -0.3 is 5.32 Å². The minimum Gasteiger partial charge on any atom is -0.316 e. The van der Waals surface area contributed by atoms with E-state index >= 15 is 0 Å². The van der Waals surface area contributed by atoms with Gasteiger partial charge >= 0.3 is 0 Å². The van der Waals surface area contributed by atoms with Gasteiger partial charge in [-0.25, -0.2) is 9.97 Å². The van der Waals surface area contributed by atoms with Crippen molar-refractivity contribution in [2.45, 2.75) is 16.6 Å². The lowest BCUT2D eigenvalue weighted by molar-refractivity contribution is 0.816. The SMILES string of the molecule is CNCc1ccc(Sc2ncccn2)c(C#N)c1. The van der Waals surface area contributed by atoms with Crippen LogP contribution in [0.25, 0.3) is 0 Å². The maximum Gasteiger partial charge on any atom is 0.192 e. The van der Waals surface area contributed by atoms with Crippen molar-refractivity contribution in [1.82, 2.24) is 15.3 Å². The Morgan fingerprint density at radius 1 is 1.33 bits per heavy atom. The summed E-state index contributed by atoms with van der Waals surface area (Å²) in [6.45, 7) is 0.751. The highest BCUT2D eigenvalue weighted by Gasteiger charge is 2.06. The number of benzene rings is 1. The summed E-state index contributed by atoms with van der Waals surface area (Å²) < 4.78 is 0. The molecule has 0 fully saturated rings. The Balaban J connectivity index is 2.26. The second-order valence-electron chi connectivity index (χ2n) is 3.61. The molecular weight excluding hydrogens is 244 g/mol. The van der Waals surface area contributed by atoms with Crippen LogP contribution in [-0.2, 0) is 6.54 Å². The Bertz CT molecular complexity index is 563. The molecule has 1 aromatic heterocycles. The fourth-order valence-corrected chi connectivity index (χ4v) is 2.28. The Hall–Kier alpha value is -1.90. The lowest BCUT2D eigenvalue weighted by Gasteiger charge is -2.05. The van der Waals surface area contributed by atoms with E-state index in [9.17, 15) is 0 Å². The molecule has 0 aliphatic rings. The van der Waals surface area contributed by atoms with Gasteiger partial charge in [0.2, 0.25) is 0 Å². The second-order valence-corrected chi connectivity index (χ2v) is 4.62. The summed E-state index contributed by atoms with van der Waals surface area (Å²) in [5.74, 6) is 0. The number of nitrogens with one attached hydrogen (secondary N) is 1. The highest BCUT2D eigenvalue weighted by atomic mass is 32.2. The third kappa shape index (κ3) is 3.06. The zero-order valence-electron chi connectivity index (χ0n) is 9.92. The maximum atomic E-state index is 9.16. The van der Waals surface area contributed by atoms with Gasteiger partial charge in [-0.3, -0.25) is 0 Å². The smallest absolute Gasteiger partial charge is 0.192 e. The van der Waals surface area contributed by atoms with Crippen LogP contribution < -0.4 is 5.32 Å². The lowest BCUT2D eigenvalue weighted by Crippen LogP contribution is -2.05. The van der Waals surface area contributed by atoms with E-state index in [1.54, 1.807) is 18.5 Å². The summed E-state index contributed by atoms with van der Waals surface area (Å²) in [6.07, 6.45) is 3.38. The third-order valence-electron chi connectivity index (χ3n) is 2.29. The predicted molar refractivity (Wildman–Crippen MR) is 70.1 cm³/mol. The van der Waals surface area contributed by atoms with Crippen LogP contribution in [0.2, 0.25) is 0 Å². The molecule has 0 spiro atoms. The van der Waals surface area contributed by atoms with E-state index in [0.717, 1.165) is 17.0 Å². The molecule has 0 amide bonds. The van der Waals surface area contributed by atoms with E-state index in [0.29, 0.717) is 10.7 Å². The van der Waals surface area contributed by atoms with Crippen molar-refractivity contribution in [3.63, 3.8) is 0 Å². The van der Waals surface area contributed by atoms with Crippen molar-refractivity contribution in [3.05, 3.63) is 47.8 Å². The highest BCUT2D eigenvalue weighted by Crippen LogP contribution is 2.27. The molecule has 0 saturated carbocycles. The van der Waals surface area contributed by atoms with Gasteiger partial charge in [0, 0.05) is 23.8 Å². The van der Waals surface area contributed by atoms with E-state index in [2.05, 4.69) is 21.4 Å². The minimum absolute atomic E-state index is 0.648. The Morgan fingerprint density at radius 3 is 2.78 bits per heavy atom. The van der Waals surface area contributed by atoms with E-state index in [-0.39, 0.29) is 0 Å². The molecule has 18 heavy (non-hydrogen) atoms. The van der Waals surface area contributed by atoms with Crippen molar-refractivity contribution < 1.29 is 0 Å². The van der Waals surface area contributed by atoms with Crippen LogP contribution in [0, 0.1) is 11.3 Å².